The summed E-state index contributed by atoms with van der Waals surface area (Å²) >= 11 is 7.72. The first-order valence-electron chi connectivity index (χ1n) is 15.2. The highest BCUT2D eigenvalue weighted by atomic mass is 35.5. The second kappa shape index (κ2) is 14.8. The fourth-order valence-corrected chi connectivity index (χ4v) is 7.15. The number of hydrogen-bond acceptors (Lipinski definition) is 10. The number of halogens is 2. The number of amides is 1. The molecular weight excluding hydrogens is 621 g/mol. The Kier molecular flexibility index (Phi) is 10.3. The van der Waals surface area contributed by atoms with Crippen molar-refractivity contribution in [3.63, 3.8) is 0 Å². The maximum atomic E-state index is 13.7. The number of fused-ring (bicyclic) bond motifs is 1. The second-order valence-electron chi connectivity index (χ2n) is 11.3. The molecule has 238 valence electrons. The normalized spacial score (nSPS) is 21.0. The number of ether oxygens (including phenoxy) is 3. The number of aromatic nitrogens is 2. The van der Waals surface area contributed by atoms with Gasteiger partial charge in [0.2, 0.25) is 5.91 Å². The molecule has 1 amide bonds. The predicted molar refractivity (Wildman–Crippen MR) is 173 cm³/mol. The number of nitrogens with zero attached hydrogens (tertiary/aromatic N) is 3. The summed E-state index contributed by atoms with van der Waals surface area (Å²) in [4.78, 5) is 36.0. The third-order valence-electron chi connectivity index (χ3n) is 8.04. The number of anilines is 3. The van der Waals surface area contributed by atoms with Crippen LogP contribution in [0.1, 0.15) is 32.1 Å². The van der Waals surface area contributed by atoms with E-state index in [0.29, 0.717) is 65.5 Å². The van der Waals surface area contributed by atoms with Gasteiger partial charge in [0.1, 0.15) is 35.6 Å². The summed E-state index contributed by atoms with van der Waals surface area (Å²) < 4.78 is 30.7. The van der Waals surface area contributed by atoms with Gasteiger partial charge < -0.3 is 24.8 Å². The summed E-state index contributed by atoms with van der Waals surface area (Å²) in [6.07, 6.45) is 9.50. The molecule has 13 heteroatoms. The van der Waals surface area contributed by atoms with Gasteiger partial charge in [0.05, 0.1) is 28.9 Å². The lowest BCUT2D eigenvalue weighted by Crippen LogP contribution is -2.35. The number of likely N-dealkylation sites (tertiary alicyclic amines) is 1. The fourth-order valence-electron chi connectivity index (χ4n) is 5.61. The highest BCUT2D eigenvalue weighted by Crippen LogP contribution is 2.35. The molecule has 4 heterocycles. The second-order valence-corrected chi connectivity index (χ2v) is 13.2. The standard InChI is InChI=1S/C32H35ClFN5O5S/c33-24-15-20(5-6-25(24)34)37-31-23-16-27(28(17-26(23)35-19-36-31)44-18-21-3-2-13-42-21)38-30(40)4-1-10-39-11-7-22(8-12-39)45-29-9-14-43-32(29)41/h1,4-6,15-17,19,21-22,29H,2-3,7-14,18H2,(H,38,40)(H,35,36,37)/b4-1+. The van der Waals surface area contributed by atoms with Crippen LogP contribution in [0, 0.1) is 5.82 Å². The molecule has 3 aromatic rings. The Bertz CT molecular complexity index is 1560. The Morgan fingerprint density at radius 3 is 2.78 bits per heavy atom. The summed E-state index contributed by atoms with van der Waals surface area (Å²) in [5.74, 6) is 0.0433. The van der Waals surface area contributed by atoms with Crippen LogP contribution in [0.5, 0.6) is 5.75 Å². The van der Waals surface area contributed by atoms with Gasteiger partial charge in [-0.15, -0.1) is 11.8 Å². The zero-order valence-corrected chi connectivity index (χ0v) is 26.2. The number of hydrogen-bond donors (Lipinski definition) is 2. The van der Waals surface area contributed by atoms with Crippen LogP contribution >= 0.6 is 23.4 Å². The lowest BCUT2D eigenvalue weighted by atomic mass is 10.1. The molecule has 2 atom stereocenters. The van der Waals surface area contributed by atoms with Gasteiger partial charge in [-0.25, -0.2) is 14.4 Å². The van der Waals surface area contributed by atoms with Crippen LogP contribution in [0.15, 0.2) is 48.8 Å². The van der Waals surface area contributed by atoms with E-state index in [1.54, 1.807) is 30.0 Å². The third kappa shape index (κ3) is 8.23. The average Bonchev–Trinajstić information content (AvgIpc) is 3.71. The minimum absolute atomic E-state index is 0.00970. The van der Waals surface area contributed by atoms with Crippen molar-refractivity contribution in [2.75, 3.05) is 50.1 Å². The summed E-state index contributed by atoms with van der Waals surface area (Å²) in [6, 6.07) is 7.85. The Balaban J connectivity index is 1.12. The topological polar surface area (TPSA) is 115 Å². The SMILES string of the molecule is O=C(/C=C/CN1CCC(SC2CCOC2=O)CC1)Nc1cc2c(Nc3ccc(F)c(Cl)c3)ncnc2cc1OCC1CCCO1. The Labute approximate surface area is 270 Å². The maximum Gasteiger partial charge on any atom is 0.319 e. The third-order valence-corrected chi connectivity index (χ3v) is 9.94. The van der Waals surface area contributed by atoms with Gasteiger partial charge in [-0.05, 0) is 63.0 Å². The Morgan fingerprint density at radius 1 is 1.16 bits per heavy atom. The lowest BCUT2D eigenvalue weighted by molar-refractivity contribution is -0.137. The summed E-state index contributed by atoms with van der Waals surface area (Å²) in [5.41, 5.74) is 1.62. The molecule has 3 aliphatic heterocycles. The Hall–Kier alpha value is -3.45. The van der Waals surface area contributed by atoms with Gasteiger partial charge in [-0.3, -0.25) is 14.5 Å². The van der Waals surface area contributed by atoms with Crippen molar-refractivity contribution in [2.24, 2.45) is 0 Å². The number of nitrogens with one attached hydrogen (secondary N) is 2. The van der Waals surface area contributed by atoms with Crippen molar-refractivity contribution >= 4 is 63.3 Å². The number of cyclic esters (lactones) is 1. The number of rotatable bonds is 11. The van der Waals surface area contributed by atoms with E-state index in [0.717, 1.165) is 45.2 Å². The van der Waals surface area contributed by atoms with Crippen molar-refractivity contribution < 1.29 is 28.2 Å². The summed E-state index contributed by atoms with van der Waals surface area (Å²) in [6.45, 7) is 4.06. The molecule has 0 radical (unpaired) electrons. The molecule has 45 heavy (non-hydrogen) atoms. The maximum absolute atomic E-state index is 13.7. The number of benzene rings is 2. The van der Waals surface area contributed by atoms with Crippen molar-refractivity contribution in [1.29, 1.82) is 0 Å². The predicted octanol–water partition coefficient (Wildman–Crippen LogP) is 5.73. The van der Waals surface area contributed by atoms with Gasteiger partial charge >= 0.3 is 5.97 Å². The summed E-state index contributed by atoms with van der Waals surface area (Å²) in [5, 5.41) is 7.18. The fraction of sp³-hybridized carbons (Fsp3) is 0.438. The monoisotopic (exact) mass is 655 g/mol. The molecular formula is C32H35ClFN5O5S. The number of esters is 1. The molecule has 2 aromatic carbocycles. The van der Waals surface area contributed by atoms with Crippen molar-refractivity contribution in [1.82, 2.24) is 14.9 Å². The van der Waals surface area contributed by atoms with Crippen molar-refractivity contribution in [3.05, 3.63) is 59.7 Å². The molecule has 0 saturated carbocycles. The van der Waals surface area contributed by atoms with Crippen LogP contribution in [-0.4, -0.2) is 82.8 Å². The smallest absolute Gasteiger partial charge is 0.319 e. The van der Waals surface area contributed by atoms with E-state index in [2.05, 4.69) is 25.5 Å². The number of carbonyl (C=O) groups is 2. The Morgan fingerprint density at radius 2 is 2.02 bits per heavy atom. The molecule has 10 nitrogen and oxygen atoms in total. The van der Waals surface area contributed by atoms with Crippen LogP contribution in [0.4, 0.5) is 21.6 Å². The molecule has 0 aliphatic carbocycles. The largest absolute Gasteiger partial charge is 0.489 e. The number of piperidine rings is 1. The lowest BCUT2D eigenvalue weighted by Gasteiger charge is -2.31. The highest BCUT2D eigenvalue weighted by Gasteiger charge is 2.31. The van der Waals surface area contributed by atoms with Gasteiger partial charge in [0.15, 0.2) is 0 Å². The van der Waals surface area contributed by atoms with E-state index >= 15 is 0 Å². The highest BCUT2D eigenvalue weighted by molar-refractivity contribution is 8.01. The van der Waals surface area contributed by atoms with Gasteiger partial charge in [0, 0.05) is 48.0 Å². The van der Waals surface area contributed by atoms with E-state index in [9.17, 15) is 14.0 Å². The quantitative estimate of drug-likeness (QED) is 0.196. The van der Waals surface area contributed by atoms with E-state index in [1.165, 1.54) is 24.5 Å². The number of carbonyl (C=O) groups excluding carboxylic acids is 2. The van der Waals surface area contributed by atoms with E-state index in [1.807, 2.05) is 6.08 Å². The molecule has 2 N–H and O–H groups in total. The average molecular weight is 656 g/mol. The molecule has 3 fully saturated rings. The summed E-state index contributed by atoms with van der Waals surface area (Å²) in [7, 11) is 0. The first kappa shape index (κ1) is 31.5. The molecule has 1 aromatic heterocycles. The van der Waals surface area contributed by atoms with Gasteiger partial charge in [-0.2, -0.15) is 0 Å². The minimum atomic E-state index is -0.517. The van der Waals surface area contributed by atoms with Crippen LogP contribution in [-0.2, 0) is 19.1 Å². The molecule has 0 spiro atoms. The van der Waals surface area contributed by atoms with E-state index < -0.39 is 5.82 Å². The first-order valence-corrected chi connectivity index (χ1v) is 16.5. The molecule has 3 saturated heterocycles. The minimum Gasteiger partial charge on any atom is -0.489 e. The first-order chi connectivity index (χ1) is 21.9. The van der Waals surface area contributed by atoms with Crippen LogP contribution in [0.25, 0.3) is 10.9 Å². The van der Waals surface area contributed by atoms with E-state index in [4.69, 9.17) is 25.8 Å². The molecule has 2 unspecified atom stereocenters. The van der Waals surface area contributed by atoms with Crippen LogP contribution < -0.4 is 15.4 Å². The van der Waals surface area contributed by atoms with Crippen molar-refractivity contribution in [3.8, 4) is 5.75 Å². The van der Waals surface area contributed by atoms with Gasteiger partial charge in [0.25, 0.3) is 0 Å². The van der Waals surface area contributed by atoms with E-state index in [-0.39, 0.29) is 28.3 Å². The van der Waals surface area contributed by atoms with Crippen LogP contribution in [0.3, 0.4) is 0 Å². The molecule has 3 aliphatic rings. The van der Waals surface area contributed by atoms with Crippen molar-refractivity contribution in [2.45, 2.75) is 48.7 Å². The van der Waals surface area contributed by atoms with Crippen LogP contribution in [0.2, 0.25) is 5.02 Å². The zero-order chi connectivity index (χ0) is 31.2. The van der Waals surface area contributed by atoms with Gasteiger partial charge in [-0.1, -0.05) is 17.7 Å². The zero-order valence-electron chi connectivity index (χ0n) is 24.7. The molecule has 6 rings (SSSR count). The number of thioether (sulfide) groups is 1. The molecule has 0 bridgehead atoms.